The number of carbonyl (C=O) groups is 2. The number of nitrogens with one attached hydrogen (secondary N) is 1. The average molecular weight is 363 g/mol. The molecule has 1 atom stereocenters. The summed E-state index contributed by atoms with van der Waals surface area (Å²) in [6.45, 7) is 14.4. The van der Waals surface area contributed by atoms with Crippen molar-refractivity contribution < 1.29 is 19.1 Å². The number of carbonyl (C=O) groups excluding carboxylic acids is 2. The molecule has 0 saturated carbocycles. The lowest BCUT2D eigenvalue weighted by Gasteiger charge is -2.21. The smallest absolute Gasteiger partial charge is 0.420 e. The Kier molecular flexibility index (Phi) is 6.85. The number of ether oxygens (including phenoxy) is 2. The van der Waals surface area contributed by atoms with Crippen molar-refractivity contribution in [2.45, 2.75) is 79.1 Å². The second-order valence-corrected chi connectivity index (χ2v) is 8.08. The van der Waals surface area contributed by atoms with Gasteiger partial charge in [-0.2, -0.15) is 0 Å². The van der Waals surface area contributed by atoms with Crippen molar-refractivity contribution in [2.24, 2.45) is 0 Å². The molecule has 0 saturated heterocycles. The number of alkyl carbamates (subject to hydrolysis) is 1. The Hall–Kier alpha value is -2.49. The van der Waals surface area contributed by atoms with Crippen LogP contribution in [0, 0.1) is 18.8 Å². The lowest BCUT2D eigenvalue weighted by molar-refractivity contribution is 0.0504. The minimum absolute atomic E-state index is 0.175. The van der Waals surface area contributed by atoms with E-state index in [1.807, 2.05) is 6.92 Å². The normalized spacial score (nSPS) is 12.6. The fourth-order valence-electron chi connectivity index (χ4n) is 1.88. The Bertz CT molecular complexity index is 712. The van der Waals surface area contributed by atoms with Crippen LogP contribution in [0.25, 0.3) is 0 Å². The van der Waals surface area contributed by atoms with Gasteiger partial charge in [0.25, 0.3) is 0 Å². The molecule has 7 heteroatoms. The maximum atomic E-state index is 12.1. The van der Waals surface area contributed by atoms with Crippen LogP contribution < -0.4 is 5.32 Å². The first kappa shape index (κ1) is 21.6. The molecule has 7 nitrogen and oxygen atoms in total. The first-order chi connectivity index (χ1) is 11.8. The van der Waals surface area contributed by atoms with Gasteiger partial charge in [-0.1, -0.05) is 5.92 Å². The molecule has 26 heavy (non-hydrogen) atoms. The summed E-state index contributed by atoms with van der Waals surface area (Å²) in [6, 6.07) is -0.175. The van der Waals surface area contributed by atoms with Crippen LogP contribution >= 0.6 is 0 Å². The molecule has 1 rings (SSSR count). The third kappa shape index (κ3) is 8.06. The lowest BCUT2D eigenvalue weighted by atomic mass is 10.2. The van der Waals surface area contributed by atoms with Crippen molar-refractivity contribution in [3.63, 3.8) is 0 Å². The van der Waals surface area contributed by atoms with Crippen LogP contribution in [0.1, 0.15) is 66.4 Å². The fourth-order valence-corrected chi connectivity index (χ4v) is 1.88. The summed E-state index contributed by atoms with van der Waals surface area (Å²) < 4.78 is 11.8. The van der Waals surface area contributed by atoms with Crippen molar-refractivity contribution in [3.8, 4) is 11.8 Å². The van der Waals surface area contributed by atoms with Crippen LogP contribution in [0.2, 0.25) is 0 Å². The van der Waals surface area contributed by atoms with Crippen LogP contribution in [0.4, 0.5) is 9.59 Å². The first-order valence-corrected chi connectivity index (χ1v) is 8.54. The van der Waals surface area contributed by atoms with Gasteiger partial charge in [0.2, 0.25) is 0 Å². The number of aromatic nitrogens is 2. The summed E-state index contributed by atoms with van der Waals surface area (Å²) in [6.07, 6.45) is 1.01. The molecule has 144 valence electrons. The molecule has 0 unspecified atom stereocenters. The zero-order valence-corrected chi connectivity index (χ0v) is 16.9. The summed E-state index contributed by atoms with van der Waals surface area (Å²) in [4.78, 5) is 28.0. The van der Waals surface area contributed by atoms with Gasteiger partial charge < -0.3 is 14.8 Å². The van der Waals surface area contributed by atoms with Gasteiger partial charge in [-0.25, -0.2) is 19.1 Å². The van der Waals surface area contributed by atoms with Gasteiger partial charge >= 0.3 is 12.2 Å². The highest BCUT2D eigenvalue weighted by atomic mass is 16.6. The Morgan fingerprint density at radius 3 is 2.31 bits per heavy atom. The van der Waals surface area contributed by atoms with E-state index in [2.05, 4.69) is 22.1 Å². The van der Waals surface area contributed by atoms with Gasteiger partial charge in [0.15, 0.2) is 0 Å². The number of hydrogen-bond donors (Lipinski definition) is 1. The summed E-state index contributed by atoms with van der Waals surface area (Å²) >= 11 is 0. The lowest BCUT2D eigenvalue weighted by Crippen LogP contribution is -2.37. The molecule has 0 aliphatic carbocycles. The van der Waals surface area contributed by atoms with Crippen LogP contribution in [-0.2, 0) is 9.47 Å². The molecule has 0 aliphatic rings. The maximum absolute atomic E-state index is 12.1. The van der Waals surface area contributed by atoms with Crippen LogP contribution in [-0.4, -0.2) is 39.0 Å². The van der Waals surface area contributed by atoms with E-state index in [0.717, 1.165) is 0 Å². The van der Waals surface area contributed by atoms with Crippen LogP contribution in [0.5, 0.6) is 0 Å². The molecule has 1 aromatic rings. The quantitative estimate of drug-likeness (QED) is 0.811. The molecule has 0 radical (unpaired) electrons. The molecule has 0 spiro atoms. The molecule has 0 aliphatic heterocycles. The van der Waals surface area contributed by atoms with E-state index in [9.17, 15) is 9.59 Å². The second-order valence-electron chi connectivity index (χ2n) is 8.08. The van der Waals surface area contributed by atoms with E-state index in [1.54, 1.807) is 54.7 Å². The molecule has 1 amide bonds. The van der Waals surface area contributed by atoms with Gasteiger partial charge in [0, 0.05) is 12.5 Å². The zero-order chi connectivity index (χ0) is 20.1. The maximum Gasteiger partial charge on any atom is 0.420 e. The Morgan fingerprint density at radius 1 is 1.19 bits per heavy atom. The highest BCUT2D eigenvalue weighted by Gasteiger charge is 2.20. The van der Waals surface area contributed by atoms with Gasteiger partial charge in [-0.3, -0.25) is 0 Å². The predicted octanol–water partition coefficient (Wildman–Crippen LogP) is 3.63. The fraction of sp³-hybridized carbons (Fsp3) is 0.632. The molecule has 0 fully saturated rings. The number of aryl methyl sites for hydroxylation is 1. The minimum Gasteiger partial charge on any atom is -0.444 e. The number of amides is 1. The molecular weight excluding hydrogens is 334 g/mol. The average Bonchev–Trinajstić information content (AvgIpc) is 2.75. The third-order valence-electron chi connectivity index (χ3n) is 2.86. The van der Waals surface area contributed by atoms with E-state index < -0.39 is 23.4 Å². The van der Waals surface area contributed by atoms with E-state index in [0.29, 0.717) is 17.9 Å². The van der Waals surface area contributed by atoms with E-state index in [4.69, 9.17) is 9.47 Å². The Morgan fingerprint density at radius 2 is 1.77 bits per heavy atom. The van der Waals surface area contributed by atoms with Crippen molar-refractivity contribution >= 4 is 12.2 Å². The van der Waals surface area contributed by atoms with E-state index >= 15 is 0 Å². The standard InChI is InChI=1S/C19H29N3O4/c1-13(20-16(23)25-18(3,4)5)10-9-11-15-12-22(14(2)21-15)17(24)26-19(6,7)8/h12-13H,10H2,1-8H3,(H,20,23)/t13-/m0/s1. The molecule has 0 aromatic carbocycles. The predicted molar refractivity (Wildman–Crippen MR) is 98.9 cm³/mol. The van der Waals surface area contributed by atoms with E-state index in [1.165, 1.54) is 4.57 Å². The van der Waals surface area contributed by atoms with Crippen LogP contribution in [0.3, 0.4) is 0 Å². The summed E-state index contributed by atoms with van der Waals surface area (Å²) in [5.74, 6) is 6.35. The SMILES string of the molecule is Cc1nc(C#CC[C@H](C)NC(=O)OC(C)(C)C)cn1C(=O)OC(C)(C)C. The molecule has 1 aromatic heterocycles. The topological polar surface area (TPSA) is 82.5 Å². The van der Waals surface area contributed by atoms with E-state index in [-0.39, 0.29) is 6.04 Å². The van der Waals surface area contributed by atoms with Gasteiger partial charge in [-0.05, 0) is 61.3 Å². The molecular formula is C19H29N3O4. The largest absolute Gasteiger partial charge is 0.444 e. The van der Waals surface area contributed by atoms with Gasteiger partial charge in [0.1, 0.15) is 22.7 Å². The number of rotatable bonds is 2. The molecule has 1 N–H and O–H groups in total. The highest BCUT2D eigenvalue weighted by molar-refractivity contribution is 5.72. The first-order valence-electron chi connectivity index (χ1n) is 8.54. The highest BCUT2D eigenvalue weighted by Crippen LogP contribution is 2.11. The zero-order valence-electron chi connectivity index (χ0n) is 16.9. The number of imidazole rings is 1. The van der Waals surface area contributed by atoms with Gasteiger partial charge in [0.05, 0.1) is 6.20 Å². The Labute approximate surface area is 155 Å². The molecule has 1 heterocycles. The second kappa shape index (κ2) is 8.26. The third-order valence-corrected chi connectivity index (χ3v) is 2.86. The summed E-state index contributed by atoms with van der Waals surface area (Å²) in [7, 11) is 0. The summed E-state index contributed by atoms with van der Waals surface area (Å²) in [5, 5.41) is 2.72. The Balaban J connectivity index is 2.65. The minimum atomic E-state index is -0.581. The van der Waals surface area contributed by atoms with Gasteiger partial charge in [-0.15, -0.1) is 0 Å². The number of hydrogen-bond acceptors (Lipinski definition) is 5. The number of nitrogens with zero attached hydrogens (tertiary/aromatic N) is 2. The monoisotopic (exact) mass is 363 g/mol. The van der Waals surface area contributed by atoms with Crippen molar-refractivity contribution in [3.05, 3.63) is 17.7 Å². The van der Waals surface area contributed by atoms with Crippen LogP contribution in [0.15, 0.2) is 6.20 Å². The van der Waals surface area contributed by atoms with Crippen molar-refractivity contribution in [1.82, 2.24) is 14.9 Å². The summed E-state index contributed by atoms with van der Waals surface area (Å²) in [5.41, 5.74) is -0.651. The molecule has 0 bridgehead atoms. The van der Waals surface area contributed by atoms with Crippen molar-refractivity contribution in [1.29, 1.82) is 0 Å². The van der Waals surface area contributed by atoms with Crippen molar-refractivity contribution in [2.75, 3.05) is 0 Å².